The maximum Gasteiger partial charge on any atom is 0.0530 e. The Balaban J connectivity index is 2.52. The van der Waals surface area contributed by atoms with E-state index in [0.29, 0.717) is 5.75 Å². The molecule has 1 nitrogen and oxygen atoms in total. The van der Waals surface area contributed by atoms with Gasteiger partial charge in [-0.15, -0.1) is 11.6 Å². The van der Waals surface area contributed by atoms with Gasteiger partial charge in [-0.05, 0) is 32.4 Å². The summed E-state index contributed by atoms with van der Waals surface area (Å²) in [6.45, 7) is 3.88. The van der Waals surface area contributed by atoms with Crippen LogP contribution in [0.2, 0.25) is 0 Å². The van der Waals surface area contributed by atoms with Gasteiger partial charge in [0.2, 0.25) is 0 Å². The molecule has 0 spiro atoms. The number of rotatable bonds is 4. The van der Waals surface area contributed by atoms with Crippen LogP contribution in [0, 0.1) is 0 Å². The topological polar surface area (TPSA) is 17.1 Å². The fraction of sp³-hybridized carbons (Fsp3) is 0.455. The molecule has 78 valence electrons. The Kier molecular flexibility index (Phi) is 4.14. The first-order chi connectivity index (χ1) is 6.49. The van der Waals surface area contributed by atoms with Gasteiger partial charge in [0.05, 0.1) is 10.8 Å². The summed E-state index contributed by atoms with van der Waals surface area (Å²) in [5.74, 6) is 0.626. The molecular weight excluding hydrogens is 216 g/mol. The molecule has 0 aliphatic carbocycles. The second kappa shape index (κ2) is 4.94. The Labute approximate surface area is 92.9 Å². The van der Waals surface area contributed by atoms with Crippen LogP contribution in [0.1, 0.15) is 20.3 Å². The molecule has 0 aliphatic heterocycles. The average Bonchev–Trinajstić information content (AvgIpc) is 2.14. The van der Waals surface area contributed by atoms with Crippen molar-refractivity contribution in [2.75, 3.05) is 5.75 Å². The minimum atomic E-state index is -0.914. The zero-order valence-corrected chi connectivity index (χ0v) is 10.1. The van der Waals surface area contributed by atoms with Gasteiger partial charge in [0, 0.05) is 15.5 Å². The lowest BCUT2D eigenvalue weighted by Gasteiger charge is -2.14. The summed E-state index contributed by atoms with van der Waals surface area (Å²) in [6.07, 6.45) is 0.760. The third-order valence-corrected chi connectivity index (χ3v) is 3.45. The Morgan fingerprint density at radius 3 is 2.36 bits per heavy atom. The van der Waals surface area contributed by atoms with E-state index in [2.05, 4.69) is 0 Å². The summed E-state index contributed by atoms with van der Waals surface area (Å²) in [5.41, 5.74) is 0. The molecule has 0 saturated heterocycles. The van der Waals surface area contributed by atoms with E-state index in [1.165, 1.54) is 0 Å². The maximum atomic E-state index is 11.7. The molecular formula is C11H15ClOS. The van der Waals surface area contributed by atoms with Gasteiger partial charge in [-0.2, -0.15) is 0 Å². The van der Waals surface area contributed by atoms with E-state index in [9.17, 15) is 4.21 Å². The van der Waals surface area contributed by atoms with Gasteiger partial charge in [0.1, 0.15) is 0 Å². The van der Waals surface area contributed by atoms with Crippen molar-refractivity contribution >= 4 is 22.4 Å². The summed E-state index contributed by atoms with van der Waals surface area (Å²) < 4.78 is 11.7. The molecule has 1 atom stereocenters. The van der Waals surface area contributed by atoms with Gasteiger partial charge in [-0.1, -0.05) is 18.2 Å². The molecule has 0 heterocycles. The average molecular weight is 231 g/mol. The summed E-state index contributed by atoms with van der Waals surface area (Å²) in [7, 11) is -0.914. The molecule has 0 fully saturated rings. The van der Waals surface area contributed by atoms with Gasteiger partial charge in [-0.3, -0.25) is 4.21 Å². The minimum Gasteiger partial charge on any atom is -0.254 e. The van der Waals surface area contributed by atoms with Crippen LogP contribution >= 0.6 is 11.6 Å². The SMILES string of the molecule is CC(C)(Cl)CCS(=O)c1ccccc1. The molecule has 0 aliphatic rings. The van der Waals surface area contributed by atoms with Crippen molar-refractivity contribution in [3.8, 4) is 0 Å². The molecule has 0 aromatic heterocycles. The van der Waals surface area contributed by atoms with Crippen molar-refractivity contribution in [2.45, 2.75) is 30.0 Å². The van der Waals surface area contributed by atoms with E-state index >= 15 is 0 Å². The number of hydrogen-bond donors (Lipinski definition) is 0. The van der Waals surface area contributed by atoms with E-state index < -0.39 is 10.8 Å². The predicted molar refractivity (Wildman–Crippen MR) is 62.3 cm³/mol. The van der Waals surface area contributed by atoms with E-state index in [1.807, 2.05) is 44.2 Å². The third-order valence-electron chi connectivity index (χ3n) is 1.89. The molecule has 1 rings (SSSR count). The second-order valence-electron chi connectivity index (χ2n) is 3.83. The van der Waals surface area contributed by atoms with Crippen LogP contribution in [0.4, 0.5) is 0 Å². The quantitative estimate of drug-likeness (QED) is 0.726. The predicted octanol–water partition coefficient (Wildman–Crippen LogP) is 3.20. The van der Waals surface area contributed by atoms with Crippen molar-refractivity contribution < 1.29 is 4.21 Å². The van der Waals surface area contributed by atoms with E-state index in [1.54, 1.807) is 0 Å². The Morgan fingerprint density at radius 1 is 1.29 bits per heavy atom. The summed E-state index contributed by atoms with van der Waals surface area (Å²) in [6, 6.07) is 9.50. The van der Waals surface area contributed by atoms with E-state index in [4.69, 9.17) is 11.6 Å². The first-order valence-corrected chi connectivity index (χ1v) is 6.31. The standard InChI is InChI=1S/C11H15ClOS/c1-11(2,12)8-9-14(13)10-6-4-3-5-7-10/h3-7H,8-9H2,1-2H3. The van der Waals surface area contributed by atoms with Crippen molar-refractivity contribution in [3.05, 3.63) is 30.3 Å². The first kappa shape index (κ1) is 11.7. The van der Waals surface area contributed by atoms with Crippen molar-refractivity contribution in [1.29, 1.82) is 0 Å². The van der Waals surface area contributed by atoms with Gasteiger partial charge in [0.15, 0.2) is 0 Å². The lowest BCUT2D eigenvalue weighted by molar-refractivity contribution is 0.651. The maximum absolute atomic E-state index is 11.7. The summed E-state index contributed by atoms with van der Waals surface area (Å²) in [5, 5.41) is 0. The van der Waals surface area contributed by atoms with Crippen LogP contribution in [0.3, 0.4) is 0 Å². The summed E-state index contributed by atoms with van der Waals surface area (Å²) in [4.78, 5) is 0.623. The zero-order valence-electron chi connectivity index (χ0n) is 8.50. The Bertz CT molecular complexity index is 303. The second-order valence-corrected chi connectivity index (χ2v) is 6.43. The van der Waals surface area contributed by atoms with Crippen molar-refractivity contribution in [2.24, 2.45) is 0 Å². The highest BCUT2D eigenvalue weighted by Gasteiger charge is 2.15. The van der Waals surface area contributed by atoms with Gasteiger partial charge in [0.25, 0.3) is 0 Å². The molecule has 14 heavy (non-hydrogen) atoms. The van der Waals surface area contributed by atoms with E-state index in [-0.39, 0.29) is 4.87 Å². The monoisotopic (exact) mass is 230 g/mol. The lowest BCUT2D eigenvalue weighted by Crippen LogP contribution is -2.14. The molecule has 3 heteroatoms. The van der Waals surface area contributed by atoms with Crippen LogP contribution in [-0.4, -0.2) is 14.8 Å². The molecule has 1 unspecified atom stereocenters. The van der Waals surface area contributed by atoms with E-state index in [0.717, 1.165) is 11.3 Å². The fourth-order valence-corrected chi connectivity index (χ4v) is 2.62. The lowest BCUT2D eigenvalue weighted by atomic mass is 10.1. The van der Waals surface area contributed by atoms with Crippen LogP contribution in [-0.2, 0) is 10.8 Å². The van der Waals surface area contributed by atoms with Crippen molar-refractivity contribution in [1.82, 2.24) is 0 Å². The first-order valence-electron chi connectivity index (χ1n) is 4.61. The molecule has 1 aromatic rings. The molecule has 0 radical (unpaired) electrons. The molecule has 0 bridgehead atoms. The number of hydrogen-bond acceptors (Lipinski definition) is 1. The zero-order chi connectivity index (χ0) is 10.6. The fourth-order valence-electron chi connectivity index (χ4n) is 1.03. The largest absolute Gasteiger partial charge is 0.254 e. The number of halogens is 1. The third kappa shape index (κ3) is 4.25. The molecule has 0 N–H and O–H groups in total. The normalized spacial score (nSPS) is 13.9. The number of benzene rings is 1. The van der Waals surface area contributed by atoms with Crippen molar-refractivity contribution in [3.63, 3.8) is 0 Å². The Morgan fingerprint density at radius 2 is 1.86 bits per heavy atom. The molecule has 1 aromatic carbocycles. The summed E-state index contributed by atoms with van der Waals surface area (Å²) >= 11 is 6.03. The number of alkyl halides is 1. The van der Waals surface area contributed by atoms with Crippen LogP contribution in [0.25, 0.3) is 0 Å². The van der Waals surface area contributed by atoms with Gasteiger partial charge in [-0.25, -0.2) is 0 Å². The Hall–Kier alpha value is -0.340. The highest BCUT2D eigenvalue weighted by Crippen LogP contribution is 2.19. The van der Waals surface area contributed by atoms with Gasteiger partial charge >= 0.3 is 0 Å². The molecule has 0 saturated carbocycles. The van der Waals surface area contributed by atoms with Crippen LogP contribution < -0.4 is 0 Å². The smallest absolute Gasteiger partial charge is 0.0530 e. The highest BCUT2D eigenvalue weighted by molar-refractivity contribution is 7.85. The van der Waals surface area contributed by atoms with Crippen LogP contribution in [0.5, 0.6) is 0 Å². The minimum absolute atomic E-state index is 0.259. The highest BCUT2D eigenvalue weighted by atomic mass is 35.5. The van der Waals surface area contributed by atoms with Crippen LogP contribution in [0.15, 0.2) is 35.2 Å². The van der Waals surface area contributed by atoms with Gasteiger partial charge < -0.3 is 0 Å². The molecule has 0 amide bonds.